The van der Waals surface area contributed by atoms with E-state index in [9.17, 15) is 15.5 Å². The molecule has 0 spiro atoms. The number of amides is 1. The molecule has 0 saturated carbocycles. The van der Waals surface area contributed by atoms with Gasteiger partial charge in [-0.15, -0.1) is 0 Å². The Balaban J connectivity index is 4.33. The highest BCUT2D eigenvalue weighted by molar-refractivity contribution is 6.17. The predicted octanol–water partition coefficient (Wildman–Crippen LogP) is 7.45. The van der Waals surface area contributed by atoms with Crippen molar-refractivity contribution in [2.45, 2.75) is 75.2 Å². The quantitative estimate of drug-likeness (QED) is 0.245. The Kier molecular flexibility index (Phi) is 9.73. The Morgan fingerprint density at radius 1 is 1.09 bits per heavy atom. The number of hydrogen-bond acceptors (Lipinski definition) is 3. The summed E-state index contributed by atoms with van der Waals surface area (Å²) in [6.45, 7) is 20.3. The molecule has 0 aliphatic heterocycles. The molecule has 0 aliphatic carbocycles. The zero-order valence-corrected chi connectivity index (χ0v) is 21.4. The van der Waals surface area contributed by atoms with Crippen molar-refractivity contribution in [3.63, 3.8) is 0 Å². The molecular formula is C28H36FN3O. The largest absolute Gasteiger partial charge is 0.323 e. The maximum Gasteiger partial charge on any atom is 0.221 e. The van der Waals surface area contributed by atoms with Gasteiger partial charge < -0.3 is 5.32 Å². The van der Waals surface area contributed by atoms with Crippen molar-refractivity contribution in [3.8, 4) is 6.07 Å². The maximum absolute atomic E-state index is 16.2. The number of nitrogens with zero attached hydrogens (tertiary/aromatic N) is 1. The summed E-state index contributed by atoms with van der Waals surface area (Å²) in [6.07, 6.45) is 2.98. The lowest BCUT2D eigenvalue weighted by molar-refractivity contribution is -0.114. The molecule has 5 heteroatoms. The number of carbonyl (C=O) groups is 1. The second-order valence-electron chi connectivity index (χ2n) is 8.40. The lowest BCUT2D eigenvalue weighted by Crippen LogP contribution is -2.20. The molecule has 1 rings (SSSR count). The van der Waals surface area contributed by atoms with Crippen LogP contribution in [-0.4, -0.2) is 11.6 Å². The minimum absolute atomic E-state index is 0.0410. The van der Waals surface area contributed by atoms with Crippen molar-refractivity contribution in [3.05, 3.63) is 68.6 Å². The number of hydrogen-bond donors (Lipinski definition) is 2. The number of allylic oxidation sites excluding steroid dienone is 7. The number of nitriles is 1. The highest BCUT2D eigenvalue weighted by atomic mass is 19.1. The molecule has 0 saturated heterocycles. The standard InChI is InChI=1S/C28H36FN3O/c1-11-17(8)18(9)24(22(14-30)15(4)5)27(31)25-21(13-3)20(12-2)23(16(6)7)28(26(25)29)32-19(10)33/h11,31H,6,12-13H2,1-5,7-10H3,(H,32,33)/b17-11-,24-18-,31-27?. The first kappa shape index (κ1) is 27.8. The van der Waals surface area contributed by atoms with Crippen LogP contribution in [-0.2, 0) is 17.6 Å². The molecular weight excluding hydrogens is 413 g/mol. The van der Waals surface area contributed by atoms with Crippen LogP contribution in [0.1, 0.15) is 84.6 Å². The van der Waals surface area contributed by atoms with Crippen LogP contribution in [0.25, 0.3) is 5.57 Å². The second kappa shape index (κ2) is 11.6. The van der Waals surface area contributed by atoms with E-state index in [4.69, 9.17) is 0 Å². The van der Waals surface area contributed by atoms with Crippen molar-refractivity contribution < 1.29 is 9.18 Å². The molecule has 1 aromatic rings. The molecule has 1 aromatic carbocycles. The Morgan fingerprint density at radius 3 is 1.97 bits per heavy atom. The molecule has 0 fully saturated rings. The third-order valence-electron chi connectivity index (χ3n) is 5.85. The normalized spacial score (nSPS) is 12.0. The molecule has 0 radical (unpaired) electrons. The molecule has 0 unspecified atom stereocenters. The highest BCUT2D eigenvalue weighted by Gasteiger charge is 2.29. The number of halogens is 1. The summed E-state index contributed by atoms with van der Waals surface area (Å²) < 4.78 is 16.2. The average Bonchev–Trinajstić information content (AvgIpc) is 2.75. The average molecular weight is 450 g/mol. The third-order valence-corrected chi connectivity index (χ3v) is 5.85. The summed E-state index contributed by atoms with van der Waals surface area (Å²) in [5.41, 5.74) is 6.01. The van der Waals surface area contributed by atoms with Crippen molar-refractivity contribution in [1.29, 1.82) is 10.7 Å². The van der Waals surface area contributed by atoms with Gasteiger partial charge in [0.15, 0.2) is 5.82 Å². The van der Waals surface area contributed by atoms with Gasteiger partial charge in [0.2, 0.25) is 5.91 Å². The molecule has 0 aliphatic rings. The molecule has 33 heavy (non-hydrogen) atoms. The monoisotopic (exact) mass is 449 g/mol. The minimum atomic E-state index is -0.670. The molecule has 1 amide bonds. The van der Waals surface area contributed by atoms with Crippen LogP contribution in [0, 0.1) is 22.6 Å². The van der Waals surface area contributed by atoms with E-state index in [1.54, 1.807) is 6.92 Å². The number of benzene rings is 1. The number of anilines is 1. The Labute approximate surface area is 198 Å². The van der Waals surface area contributed by atoms with Crippen molar-refractivity contribution in [1.82, 2.24) is 0 Å². The SMILES string of the molecule is C=C(C)c1c(CC)c(CC)c(C(=N)/C(C(C#N)=C(C)C)=C(C)\C(C)=C/C)c(F)c1NC(C)=O. The van der Waals surface area contributed by atoms with Crippen LogP contribution in [0.2, 0.25) is 0 Å². The number of nitrogens with one attached hydrogen (secondary N) is 2. The summed E-state index contributed by atoms with van der Waals surface area (Å²) in [6, 6.07) is 2.22. The summed E-state index contributed by atoms with van der Waals surface area (Å²) in [4.78, 5) is 12.0. The smallest absolute Gasteiger partial charge is 0.221 e. The number of rotatable bonds is 8. The van der Waals surface area contributed by atoms with E-state index in [0.29, 0.717) is 40.7 Å². The van der Waals surface area contributed by atoms with Gasteiger partial charge in [0.25, 0.3) is 0 Å². The van der Waals surface area contributed by atoms with Crippen molar-refractivity contribution >= 4 is 22.9 Å². The van der Waals surface area contributed by atoms with Gasteiger partial charge in [-0.1, -0.05) is 37.6 Å². The van der Waals surface area contributed by atoms with Gasteiger partial charge in [0.1, 0.15) is 0 Å². The lowest BCUT2D eigenvalue weighted by atomic mass is 9.81. The van der Waals surface area contributed by atoms with E-state index in [1.807, 2.05) is 54.5 Å². The fourth-order valence-corrected chi connectivity index (χ4v) is 4.08. The van der Waals surface area contributed by atoms with E-state index < -0.39 is 11.7 Å². The van der Waals surface area contributed by atoms with Gasteiger partial charge in [-0.2, -0.15) is 5.26 Å². The number of carbonyl (C=O) groups excluding carboxylic acids is 1. The first-order valence-electron chi connectivity index (χ1n) is 11.2. The van der Waals surface area contributed by atoms with E-state index in [2.05, 4.69) is 18.0 Å². The summed E-state index contributed by atoms with van der Waals surface area (Å²) in [7, 11) is 0. The van der Waals surface area contributed by atoms with Gasteiger partial charge >= 0.3 is 0 Å². The zero-order valence-electron chi connectivity index (χ0n) is 21.4. The third kappa shape index (κ3) is 5.57. The molecule has 0 aromatic heterocycles. The van der Waals surface area contributed by atoms with Gasteiger partial charge in [-0.05, 0) is 76.7 Å². The molecule has 176 valence electrons. The van der Waals surface area contributed by atoms with Crippen LogP contribution >= 0.6 is 0 Å². The Bertz CT molecular complexity index is 1140. The van der Waals surface area contributed by atoms with E-state index in [-0.39, 0.29) is 17.0 Å². The molecule has 0 heterocycles. The van der Waals surface area contributed by atoms with Crippen LogP contribution < -0.4 is 5.32 Å². The van der Waals surface area contributed by atoms with Gasteiger partial charge in [0.05, 0.1) is 23.0 Å². The maximum atomic E-state index is 16.2. The lowest BCUT2D eigenvalue weighted by Gasteiger charge is -2.25. The summed E-state index contributed by atoms with van der Waals surface area (Å²) >= 11 is 0. The van der Waals surface area contributed by atoms with Crippen molar-refractivity contribution in [2.24, 2.45) is 0 Å². The second-order valence-corrected chi connectivity index (χ2v) is 8.40. The Morgan fingerprint density at radius 2 is 1.61 bits per heavy atom. The van der Waals surface area contributed by atoms with Crippen molar-refractivity contribution in [2.75, 3.05) is 5.32 Å². The fourth-order valence-electron chi connectivity index (χ4n) is 4.08. The molecule has 2 N–H and O–H groups in total. The van der Waals surface area contributed by atoms with Crippen LogP contribution in [0.5, 0.6) is 0 Å². The van der Waals surface area contributed by atoms with Gasteiger partial charge in [0, 0.05) is 23.6 Å². The van der Waals surface area contributed by atoms with E-state index in [1.165, 1.54) is 6.92 Å². The van der Waals surface area contributed by atoms with Crippen LogP contribution in [0.3, 0.4) is 0 Å². The first-order valence-corrected chi connectivity index (χ1v) is 11.2. The molecule has 0 bridgehead atoms. The van der Waals surface area contributed by atoms with E-state index in [0.717, 1.165) is 22.3 Å². The molecule has 4 nitrogen and oxygen atoms in total. The van der Waals surface area contributed by atoms with Crippen LogP contribution in [0.15, 0.2) is 40.5 Å². The Hall–Kier alpha value is -3.26. The van der Waals surface area contributed by atoms with Crippen LogP contribution in [0.4, 0.5) is 10.1 Å². The highest BCUT2D eigenvalue weighted by Crippen LogP contribution is 2.38. The zero-order chi connectivity index (χ0) is 25.6. The minimum Gasteiger partial charge on any atom is -0.323 e. The van der Waals surface area contributed by atoms with Gasteiger partial charge in [-0.3, -0.25) is 10.2 Å². The van der Waals surface area contributed by atoms with Gasteiger partial charge in [-0.25, -0.2) is 4.39 Å². The molecule has 0 atom stereocenters. The van der Waals surface area contributed by atoms with E-state index >= 15 is 4.39 Å². The first-order chi connectivity index (χ1) is 15.4. The summed E-state index contributed by atoms with van der Waals surface area (Å²) in [5, 5.41) is 21.8. The summed E-state index contributed by atoms with van der Waals surface area (Å²) in [5.74, 6) is -1.07. The predicted molar refractivity (Wildman–Crippen MR) is 137 cm³/mol. The topological polar surface area (TPSA) is 76.7 Å². The fraction of sp³-hybridized carbons (Fsp3) is 0.393.